The number of halogens is 2. The van der Waals surface area contributed by atoms with E-state index in [2.05, 4.69) is 15.3 Å². The highest BCUT2D eigenvalue weighted by Gasteiger charge is 2.10. The van der Waals surface area contributed by atoms with E-state index in [0.717, 1.165) is 11.1 Å². The molecule has 0 fully saturated rings. The molecule has 0 atom stereocenters. The fourth-order valence-corrected chi connectivity index (χ4v) is 2.84. The number of nitrogens with two attached hydrogens (primary N) is 1. The van der Waals surface area contributed by atoms with Crippen LogP contribution in [0, 0.1) is 11.6 Å². The second-order valence-corrected chi connectivity index (χ2v) is 6.37. The molecule has 0 spiro atoms. The number of ether oxygens (including phenoxy) is 1. The molecule has 0 unspecified atom stereocenters. The van der Waals surface area contributed by atoms with E-state index in [0.29, 0.717) is 23.8 Å². The van der Waals surface area contributed by atoms with Gasteiger partial charge in [0.25, 0.3) is 0 Å². The second-order valence-electron chi connectivity index (χ2n) is 6.37. The normalized spacial score (nSPS) is 10.8. The molecular weight excluding hydrogens is 376 g/mol. The van der Waals surface area contributed by atoms with E-state index >= 15 is 0 Å². The Morgan fingerprint density at radius 2 is 1.72 bits per heavy atom. The van der Waals surface area contributed by atoms with E-state index in [1.807, 2.05) is 18.2 Å². The van der Waals surface area contributed by atoms with Crippen LogP contribution in [-0.4, -0.2) is 20.0 Å². The first-order valence-corrected chi connectivity index (χ1v) is 8.86. The summed E-state index contributed by atoms with van der Waals surface area (Å²) in [5.41, 5.74) is 8.10. The SMILES string of the molecule is Nc1ncccc1-c1cn(Cc2ccc(OCc3c(F)cccc3F)cc2)nn1. The molecule has 0 aliphatic heterocycles. The van der Waals surface area contributed by atoms with E-state index < -0.39 is 11.6 Å². The third-order valence-electron chi connectivity index (χ3n) is 4.37. The van der Waals surface area contributed by atoms with Gasteiger partial charge in [0.1, 0.15) is 35.5 Å². The van der Waals surface area contributed by atoms with Gasteiger partial charge in [-0.25, -0.2) is 18.4 Å². The van der Waals surface area contributed by atoms with E-state index in [4.69, 9.17) is 10.5 Å². The van der Waals surface area contributed by atoms with E-state index in [1.54, 1.807) is 35.3 Å². The molecule has 29 heavy (non-hydrogen) atoms. The lowest BCUT2D eigenvalue weighted by molar-refractivity contribution is 0.292. The van der Waals surface area contributed by atoms with Crippen LogP contribution in [0.25, 0.3) is 11.3 Å². The maximum Gasteiger partial charge on any atom is 0.132 e. The molecule has 8 heteroatoms. The Morgan fingerprint density at radius 3 is 2.45 bits per heavy atom. The minimum Gasteiger partial charge on any atom is -0.489 e. The van der Waals surface area contributed by atoms with Crippen LogP contribution < -0.4 is 10.5 Å². The fourth-order valence-electron chi connectivity index (χ4n) is 2.84. The number of rotatable bonds is 6. The molecular formula is C21H17F2N5O. The fraction of sp³-hybridized carbons (Fsp3) is 0.0952. The van der Waals surface area contributed by atoms with Gasteiger partial charge in [-0.05, 0) is 42.0 Å². The summed E-state index contributed by atoms with van der Waals surface area (Å²) in [4.78, 5) is 4.05. The largest absolute Gasteiger partial charge is 0.489 e. The van der Waals surface area contributed by atoms with Gasteiger partial charge in [0.2, 0.25) is 0 Å². The summed E-state index contributed by atoms with van der Waals surface area (Å²) in [5, 5.41) is 8.25. The summed E-state index contributed by atoms with van der Waals surface area (Å²) in [6, 6.07) is 14.5. The first kappa shape index (κ1) is 18.5. The zero-order valence-electron chi connectivity index (χ0n) is 15.3. The summed E-state index contributed by atoms with van der Waals surface area (Å²) in [7, 11) is 0. The van der Waals surface area contributed by atoms with Gasteiger partial charge in [-0.15, -0.1) is 5.10 Å². The van der Waals surface area contributed by atoms with E-state index in [1.165, 1.54) is 18.2 Å². The molecule has 4 aromatic rings. The zero-order chi connectivity index (χ0) is 20.2. The number of benzene rings is 2. The number of nitrogens with zero attached hydrogens (tertiary/aromatic N) is 4. The van der Waals surface area contributed by atoms with Gasteiger partial charge in [-0.3, -0.25) is 0 Å². The van der Waals surface area contributed by atoms with Crippen LogP contribution in [0.15, 0.2) is 67.0 Å². The lowest BCUT2D eigenvalue weighted by atomic mass is 10.2. The van der Waals surface area contributed by atoms with Crippen molar-refractivity contribution in [1.82, 2.24) is 20.0 Å². The molecule has 0 saturated heterocycles. The molecule has 0 radical (unpaired) electrons. The summed E-state index contributed by atoms with van der Waals surface area (Å²) in [6.45, 7) is 0.312. The van der Waals surface area contributed by atoms with Crippen molar-refractivity contribution in [2.24, 2.45) is 0 Å². The first-order chi connectivity index (χ1) is 14.1. The Labute approximate surface area is 165 Å². The van der Waals surface area contributed by atoms with Crippen molar-refractivity contribution in [3.05, 3.63) is 89.8 Å². The molecule has 2 N–H and O–H groups in total. The van der Waals surface area contributed by atoms with Crippen molar-refractivity contribution in [2.45, 2.75) is 13.2 Å². The molecule has 2 aromatic heterocycles. The third kappa shape index (κ3) is 4.21. The number of hydrogen-bond donors (Lipinski definition) is 1. The minimum atomic E-state index is -0.627. The van der Waals surface area contributed by atoms with Crippen LogP contribution in [0.4, 0.5) is 14.6 Å². The van der Waals surface area contributed by atoms with Gasteiger partial charge >= 0.3 is 0 Å². The van der Waals surface area contributed by atoms with Gasteiger partial charge in [0, 0.05) is 11.8 Å². The predicted octanol–water partition coefficient (Wildman–Crippen LogP) is 3.83. The summed E-state index contributed by atoms with van der Waals surface area (Å²) >= 11 is 0. The van der Waals surface area contributed by atoms with Crippen molar-refractivity contribution in [3.63, 3.8) is 0 Å². The van der Waals surface area contributed by atoms with Gasteiger partial charge in [0.15, 0.2) is 0 Å². The van der Waals surface area contributed by atoms with Crippen LogP contribution in [-0.2, 0) is 13.2 Å². The maximum atomic E-state index is 13.7. The number of hydrogen-bond acceptors (Lipinski definition) is 5. The lowest BCUT2D eigenvalue weighted by Crippen LogP contribution is -2.03. The van der Waals surface area contributed by atoms with Crippen molar-refractivity contribution in [3.8, 4) is 17.0 Å². The molecule has 0 bridgehead atoms. The Kier molecular flexibility index (Phi) is 5.15. The Morgan fingerprint density at radius 1 is 0.966 bits per heavy atom. The standard InChI is InChI=1S/C21H17F2N5O/c22-18-4-1-5-19(23)17(18)13-29-15-8-6-14(7-9-15)11-28-12-20(26-27-28)16-3-2-10-25-21(16)24/h1-10,12H,11,13H2,(H2,24,25). The average molecular weight is 393 g/mol. The number of anilines is 1. The molecule has 4 rings (SSSR count). The molecule has 2 aromatic carbocycles. The number of aromatic nitrogens is 4. The Balaban J connectivity index is 1.41. The highest BCUT2D eigenvalue weighted by molar-refractivity contribution is 5.69. The van der Waals surface area contributed by atoms with Crippen LogP contribution in [0.3, 0.4) is 0 Å². The highest BCUT2D eigenvalue weighted by atomic mass is 19.1. The van der Waals surface area contributed by atoms with Gasteiger partial charge in [-0.2, -0.15) is 0 Å². The van der Waals surface area contributed by atoms with Crippen molar-refractivity contribution in [1.29, 1.82) is 0 Å². The zero-order valence-corrected chi connectivity index (χ0v) is 15.3. The molecule has 6 nitrogen and oxygen atoms in total. The smallest absolute Gasteiger partial charge is 0.132 e. The molecule has 146 valence electrons. The van der Waals surface area contributed by atoms with Gasteiger partial charge < -0.3 is 10.5 Å². The Hall–Kier alpha value is -3.81. The van der Waals surface area contributed by atoms with Gasteiger partial charge in [-0.1, -0.05) is 23.4 Å². The molecule has 0 aliphatic rings. The van der Waals surface area contributed by atoms with E-state index in [-0.39, 0.29) is 12.2 Å². The molecule has 2 heterocycles. The molecule has 0 amide bonds. The van der Waals surface area contributed by atoms with Crippen molar-refractivity contribution in [2.75, 3.05) is 5.73 Å². The van der Waals surface area contributed by atoms with Crippen LogP contribution in [0.2, 0.25) is 0 Å². The number of nitrogen functional groups attached to an aromatic ring is 1. The topological polar surface area (TPSA) is 78.8 Å². The summed E-state index contributed by atoms with van der Waals surface area (Å²) in [6.07, 6.45) is 3.41. The van der Waals surface area contributed by atoms with Gasteiger partial charge in [0.05, 0.1) is 18.3 Å². The summed E-state index contributed by atoms with van der Waals surface area (Å²) < 4.78 is 34.5. The monoisotopic (exact) mass is 393 g/mol. The van der Waals surface area contributed by atoms with Crippen LogP contribution in [0.5, 0.6) is 5.75 Å². The average Bonchev–Trinajstić information content (AvgIpc) is 3.17. The Bertz CT molecular complexity index is 1110. The first-order valence-electron chi connectivity index (χ1n) is 8.86. The van der Waals surface area contributed by atoms with Crippen molar-refractivity contribution >= 4 is 5.82 Å². The highest BCUT2D eigenvalue weighted by Crippen LogP contribution is 2.22. The van der Waals surface area contributed by atoms with E-state index in [9.17, 15) is 8.78 Å². The predicted molar refractivity (Wildman–Crippen MR) is 104 cm³/mol. The second kappa shape index (κ2) is 8.05. The molecule has 0 aliphatic carbocycles. The lowest BCUT2D eigenvalue weighted by Gasteiger charge is -2.09. The molecule has 0 saturated carbocycles. The maximum absolute atomic E-state index is 13.7. The number of pyridine rings is 1. The van der Waals surface area contributed by atoms with Crippen LogP contribution >= 0.6 is 0 Å². The summed E-state index contributed by atoms with van der Waals surface area (Å²) in [5.74, 6) is -0.345. The van der Waals surface area contributed by atoms with Crippen molar-refractivity contribution < 1.29 is 13.5 Å². The van der Waals surface area contributed by atoms with Crippen LogP contribution in [0.1, 0.15) is 11.1 Å². The quantitative estimate of drug-likeness (QED) is 0.539. The minimum absolute atomic E-state index is 0.0959. The third-order valence-corrected chi connectivity index (χ3v) is 4.37.